The van der Waals surface area contributed by atoms with Crippen LogP contribution in [0.1, 0.15) is 15.3 Å². The first-order valence-corrected chi connectivity index (χ1v) is 2.10. The van der Waals surface area contributed by atoms with E-state index in [-0.39, 0.29) is 31.0 Å². The number of nitrogens with zero attached hydrogens (tertiary/aromatic N) is 2. The third-order valence-electron chi connectivity index (χ3n) is 0.824. The minimum absolute atomic E-state index is 0. The van der Waals surface area contributed by atoms with E-state index in [0.29, 0.717) is 11.4 Å². The van der Waals surface area contributed by atoms with Gasteiger partial charge in [-0.15, -0.1) is 0 Å². The molecule has 0 unspecified atom stereocenters. The number of oxime groups is 2. The molecule has 0 amide bonds. The minimum Gasteiger partial charge on any atom is -1.00 e. The topological polar surface area (TPSA) is 65.2 Å². The van der Waals surface area contributed by atoms with Gasteiger partial charge in [-0.3, -0.25) is 0 Å². The molecule has 0 radical (unpaired) electrons. The van der Waals surface area contributed by atoms with Crippen LogP contribution in [-0.4, -0.2) is 21.8 Å². The van der Waals surface area contributed by atoms with Crippen LogP contribution in [0.5, 0.6) is 0 Å². The summed E-state index contributed by atoms with van der Waals surface area (Å²) in [6, 6.07) is 0. The van der Waals surface area contributed by atoms with E-state index in [9.17, 15) is 0 Å². The molecule has 0 aromatic heterocycles. The quantitative estimate of drug-likeness (QED) is 0.188. The van der Waals surface area contributed by atoms with Crippen molar-refractivity contribution in [1.29, 1.82) is 0 Å². The van der Waals surface area contributed by atoms with Crippen molar-refractivity contribution in [2.75, 3.05) is 0 Å². The predicted octanol–water partition coefficient (Wildman–Crippen LogP) is -2.20. The molecular formula is C4H9N2NaO2. The fourth-order valence-electron chi connectivity index (χ4n) is 0.145. The van der Waals surface area contributed by atoms with Crippen molar-refractivity contribution in [2.45, 2.75) is 13.8 Å². The Morgan fingerprint density at radius 2 is 1.33 bits per heavy atom. The van der Waals surface area contributed by atoms with Gasteiger partial charge in [0.15, 0.2) is 0 Å². The zero-order valence-corrected chi connectivity index (χ0v) is 7.79. The second kappa shape index (κ2) is 6.07. The normalized spacial score (nSPS) is 12.7. The maximum Gasteiger partial charge on any atom is 1.00 e. The van der Waals surface area contributed by atoms with Crippen LogP contribution in [0.2, 0.25) is 0 Å². The Morgan fingerprint density at radius 1 is 1.11 bits per heavy atom. The monoisotopic (exact) mass is 140 g/mol. The van der Waals surface area contributed by atoms with E-state index in [1.807, 2.05) is 0 Å². The van der Waals surface area contributed by atoms with Gasteiger partial charge >= 0.3 is 29.6 Å². The molecule has 0 heterocycles. The SMILES string of the molecule is CC(=N/O)/C(C)=N\O.[H-].[Na+]. The smallest absolute Gasteiger partial charge is 1.00 e. The van der Waals surface area contributed by atoms with Crippen LogP contribution in [0.25, 0.3) is 0 Å². The van der Waals surface area contributed by atoms with Gasteiger partial charge in [-0.2, -0.15) is 0 Å². The van der Waals surface area contributed by atoms with Crippen LogP contribution in [-0.2, 0) is 0 Å². The van der Waals surface area contributed by atoms with Crippen molar-refractivity contribution in [3.63, 3.8) is 0 Å². The molecule has 0 saturated heterocycles. The van der Waals surface area contributed by atoms with E-state index in [4.69, 9.17) is 10.4 Å². The molecule has 4 nitrogen and oxygen atoms in total. The van der Waals surface area contributed by atoms with Crippen molar-refractivity contribution < 1.29 is 41.4 Å². The van der Waals surface area contributed by atoms with Gasteiger partial charge in [0, 0.05) is 0 Å². The van der Waals surface area contributed by atoms with Crippen LogP contribution < -0.4 is 29.6 Å². The molecule has 0 aliphatic heterocycles. The first-order valence-electron chi connectivity index (χ1n) is 2.10. The molecule has 2 N–H and O–H groups in total. The summed E-state index contributed by atoms with van der Waals surface area (Å²) >= 11 is 0. The van der Waals surface area contributed by atoms with Gasteiger partial charge in [-0.1, -0.05) is 10.3 Å². The van der Waals surface area contributed by atoms with Crippen LogP contribution in [0.15, 0.2) is 10.3 Å². The molecule has 0 aliphatic carbocycles. The van der Waals surface area contributed by atoms with Crippen molar-refractivity contribution in [3.05, 3.63) is 0 Å². The van der Waals surface area contributed by atoms with E-state index >= 15 is 0 Å². The number of rotatable bonds is 1. The van der Waals surface area contributed by atoms with E-state index in [1.165, 1.54) is 13.8 Å². The average Bonchev–Trinajstić information content (AvgIpc) is 1.84. The van der Waals surface area contributed by atoms with Crippen LogP contribution in [0.4, 0.5) is 0 Å². The van der Waals surface area contributed by atoms with Gasteiger partial charge in [0.1, 0.15) is 11.4 Å². The standard InChI is InChI=1S/C4H8N2O2.Na.H/c1-3(5-7)4(2)6-8;;/h7-8H,1-2H3;;/q;+1;-1/b5-3-,6-4-;;. The van der Waals surface area contributed by atoms with Crippen molar-refractivity contribution in [3.8, 4) is 0 Å². The largest absolute Gasteiger partial charge is 1.00 e. The summed E-state index contributed by atoms with van der Waals surface area (Å²) < 4.78 is 0. The molecule has 0 rings (SSSR count). The third-order valence-corrected chi connectivity index (χ3v) is 0.824. The number of hydrogen-bond acceptors (Lipinski definition) is 4. The van der Waals surface area contributed by atoms with E-state index in [1.54, 1.807) is 0 Å². The molecule has 5 heteroatoms. The summed E-state index contributed by atoms with van der Waals surface area (Å²) in [7, 11) is 0. The van der Waals surface area contributed by atoms with Gasteiger partial charge < -0.3 is 11.8 Å². The van der Waals surface area contributed by atoms with Crippen LogP contribution in [0, 0.1) is 0 Å². The Labute approximate surface area is 77.0 Å². The van der Waals surface area contributed by atoms with E-state index in [0.717, 1.165) is 0 Å². The van der Waals surface area contributed by atoms with E-state index in [2.05, 4.69) is 10.3 Å². The number of hydrogen-bond donors (Lipinski definition) is 2. The summed E-state index contributed by atoms with van der Waals surface area (Å²) in [5, 5.41) is 21.6. The molecule has 48 valence electrons. The molecule has 0 aromatic rings. The molecule has 9 heavy (non-hydrogen) atoms. The van der Waals surface area contributed by atoms with Gasteiger partial charge in [0.2, 0.25) is 0 Å². The maximum absolute atomic E-state index is 8.03. The molecule has 0 bridgehead atoms. The fraction of sp³-hybridized carbons (Fsp3) is 0.500. The van der Waals surface area contributed by atoms with Gasteiger partial charge in [0.25, 0.3) is 0 Å². The summed E-state index contributed by atoms with van der Waals surface area (Å²) in [5.41, 5.74) is 0.625. The molecule has 0 spiro atoms. The Bertz CT molecular complexity index is 121. The zero-order valence-electron chi connectivity index (χ0n) is 6.79. The average molecular weight is 140 g/mol. The Balaban J connectivity index is -0.000000245. The maximum atomic E-state index is 8.03. The predicted molar refractivity (Wildman–Crippen MR) is 30.9 cm³/mol. The second-order valence-corrected chi connectivity index (χ2v) is 1.37. The van der Waals surface area contributed by atoms with Crippen LogP contribution in [0.3, 0.4) is 0 Å². The van der Waals surface area contributed by atoms with Crippen molar-refractivity contribution in [2.24, 2.45) is 10.3 Å². The van der Waals surface area contributed by atoms with Crippen molar-refractivity contribution >= 4 is 11.4 Å². The van der Waals surface area contributed by atoms with Crippen LogP contribution >= 0.6 is 0 Å². The summed E-state index contributed by atoms with van der Waals surface area (Å²) in [4.78, 5) is 0. The fourth-order valence-corrected chi connectivity index (χ4v) is 0.145. The summed E-state index contributed by atoms with van der Waals surface area (Å²) in [5.74, 6) is 0. The van der Waals surface area contributed by atoms with Gasteiger partial charge in [-0.25, -0.2) is 0 Å². The van der Waals surface area contributed by atoms with Gasteiger partial charge in [-0.05, 0) is 13.8 Å². The molecule has 0 saturated carbocycles. The minimum atomic E-state index is 0. The Morgan fingerprint density at radius 3 is 1.44 bits per heavy atom. The zero-order chi connectivity index (χ0) is 6.57. The Kier molecular flexibility index (Phi) is 7.89. The first kappa shape index (κ1) is 11.7. The molecule has 0 aliphatic rings. The first-order chi connectivity index (χ1) is 3.72. The molecule has 0 atom stereocenters. The van der Waals surface area contributed by atoms with Crippen molar-refractivity contribution in [1.82, 2.24) is 0 Å². The molecule has 0 aromatic carbocycles. The van der Waals surface area contributed by atoms with Gasteiger partial charge in [0.05, 0.1) is 0 Å². The summed E-state index contributed by atoms with van der Waals surface area (Å²) in [6.45, 7) is 3.07. The second-order valence-electron chi connectivity index (χ2n) is 1.37. The van der Waals surface area contributed by atoms with E-state index < -0.39 is 0 Å². The Hall–Kier alpha value is -0.0600. The third kappa shape index (κ3) is 4.44. The summed E-state index contributed by atoms with van der Waals surface area (Å²) in [6.07, 6.45) is 0. The molecular weight excluding hydrogens is 131 g/mol. The molecule has 0 fully saturated rings.